The molecule has 1 saturated heterocycles. The number of rotatable bonds is 16. The van der Waals surface area contributed by atoms with Gasteiger partial charge in [0.1, 0.15) is 42.6 Å². The molecule has 1 aromatic carbocycles. The summed E-state index contributed by atoms with van der Waals surface area (Å²) in [6.07, 6.45) is -4.32. The number of benzene rings is 1. The second-order valence-corrected chi connectivity index (χ2v) is 12.1. The molecular weight excluding hydrogens is 608 g/mol. The van der Waals surface area contributed by atoms with Gasteiger partial charge in [-0.15, -0.1) is 0 Å². The van der Waals surface area contributed by atoms with Crippen molar-refractivity contribution in [2.75, 3.05) is 19.7 Å². The second-order valence-electron chi connectivity index (χ2n) is 12.1. The van der Waals surface area contributed by atoms with Crippen molar-refractivity contribution in [1.29, 1.82) is 0 Å². The van der Waals surface area contributed by atoms with E-state index in [1.807, 2.05) is 0 Å². The van der Waals surface area contributed by atoms with Crippen LogP contribution in [0.2, 0.25) is 0 Å². The van der Waals surface area contributed by atoms with E-state index in [1.54, 1.807) is 26.8 Å². The first-order chi connectivity index (χ1) is 21.7. The fourth-order valence-corrected chi connectivity index (χ4v) is 4.56. The van der Waals surface area contributed by atoms with E-state index in [0.29, 0.717) is 50.8 Å². The van der Waals surface area contributed by atoms with Gasteiger partial charge in [-0.3, -0.25) is 14.4 Å². The van der Waals surface area contributed by atoms with Crippen molar-refractivity contribution >= 4 is 23.8 Å². The first-order valence-corrected chi connectivity index (χ1v) is 15.1. The summed E-state index contributed by atoms with van der Waals surface area (Å²) in [4.78, 5) is 49.0. The molecule has 1 unspecified atom stereocenters. The van der Waals surface area contributed by atoms with Gasteiger partial charge in [0.15, 0.2) is 6.10 Å². The number of aliphatic carboxylic acids is 1. The van der Waals surface area contributed by atoms with Crippen LogP contribution in [0.3, 0.4) is 0 Å². The molecule has 3 rings (SSSR count). The molecule has 256 valence electrons. The molecule has 1 aromatic rings. The number of carbonyl (C=O) groups excluding carboxylic acids is 3. The molecule has 46 heavy (non-hydrogen) atoms. The Labute approximate surface area is 266 Å². The average molecular weight is 653 g/mol. The summed E-state index contributed by atoms with van der Waals surface area (Å²) in [6.45, 7) is 5.90. The molecule has 6 N–H and O–H groups in total. The quantitative estimate of drug-likeness (QED) is 0.104. The van der Waals surface area contributed by atoms with Crippen molar-refractivity contribution in [2.45, 2.75) is 96.4 Å². The third-order valence-electron chi connectivity index (χ3n) is 7.29. The zero-order valence-corrected chi connectivity index (χ0v) is 26.2. The fraction of sp³-hybridized carbons (Fsp3) is 0.613. The largest absolute Gasteiger partial charge is 0.493 e. The van der Waals surface area contributed by atoms with Crippen LogP contribution in [0.25, 0.3) is 0 Å². The summed E-state index contributed by atoms with van der Waals surface area (Å²) in [7, 11) is 0. The molecule has 0 saturated carbocycles. The van der Waals surface area contributed by atoms with Crippen LogP contribution >= 0.6 is 0 Å². The molecule has 1 fully saturated rings. The highest BCUT2D eigenvalue weighted by Gasteiger charge is 2.48. The maximum absolute atomic E-state index is 12.3. The number of hydrogen-bond acceptors (Lipinski definition) is 12. The number of carboxylic acids is 1. The molecule has 15 nitrogen and oxygen atoms in total. The molecule has 0 aromatic heterocycles. The summed E-state index contributed by atoms with van der Waals surface area (Å²) in [5.41, 5.74) is -0.257. The number of carbonyl (C=O) groups is 4. The lowest BCUT2D eigenvalue weighted by atomic mass is 9.97. The predicted octanol–water partition coefficient (Wildman–Crippen LogP) is 0.209. The van der Waals surface area contributed by atoms with E-state index in [-0.39, 0.29) is 36.5 Å². The van der Waals surface area contributed by atoms with Gasteiger partial charge in [-0.05, 0) is 58.2 Å². The SMILES string of the molecule is CC(C)(C)C(=O)OCc1ccc(O[C@@H]2O[C@H](C(=O)O)[C@@H](O)[C@H](O)[C@H]2O)cc1OCCCNC(=O)CCCCCN1C(=O)C=CC1O. The first kappa shape index (κ1) is 36.7. The van der Waals surface area contributed by atoms with Crippen molar-refractivity contribution < 1.29 is 63.7 Å². The van der Waals surface area contributed by atoms with Crippen LogP contribution in [0.15, 0.2) is 30.4 Å². The standard InChI is InChI=1S/C31H44N2O13/c1-31(2,3)30(42)44-17-18-9-10-19(45-29-26(39)24(37)25(38)27(46-29)28(40)41)16-20(18)43-15-7-13-32-21(34)8-5-4-6-14-33-22(35)11-12-23(33)36/h9-12,16,22,24-27,29,35,37-39H,4-8,13-15,17H2,1-3H3,(H,32,34)(H,40,41)/t22?,24-,25-,26+,27-,29+/m0/s1. The summed E-state index contributed by atoms with van der Waals surface area (Å²) >= 11 is 0. The Balaban J connectivity index is 1.51. The van der Waals surface area contributed by atoms with Crippen LogP contribution in [0.1, 0.15) is 58.4 Å². The molecule has 0 aliphatic carbocycles. The predicted molar refractivity (Wildman–Crippen MR) is 159 cm³/mol. The van der Waals surface area contributed by atoms with Crippen molar-refractivity contribution in [2.24, 2.45) is 5.41 Å². The van der Waals surface area contributed by atoms with Gasteiger partial charge in [-0.25, -0.2) is 4.79 Å². The highest BCUT2D eigenvalue weighted by atomic mass is 16.7. The fourth-order valence-electron chi connectivity index (χ4n) is 4.56. The molecule has 2 aliphatic rings. The molecule has 15 heteroatoms. The van der Waals surface area contributed by atoms with E-state index in [9.17, 15) is 44.7 Å². The van der Waals surface area contributed by atoms with E-state index >= 15 is 0 Å². The van der Waals surface area contributed by atoms with Crippen molar-refractivity contribution in [1.82, 2.24) is 10.2 Å². The van der Waals surface area contributed by atoms with Crippen LogP contribution in [-0.2, 0) is 35.3 Å². The molecule has 2 aliphatic heterocycles. The number of unbranched alkanes of at least 4 members (excludes halogenated alkanes) is 2. The van der Waals surface area contributed by atoms with Gasteiger partial charge in [0, 0.05) is 37.2 Å². The lowest BCUT2D eigenvalue weighted by Crippen LogP contribution is -2.61. The monoisotopic (exact) mass is 652 g/mol. The summed E-state index contributed by atoms with van der Waals surface area (Å²) in [6, 6.07) is 4.43. The normalized spacial score (nSPS) is 24.5. The topological polar surface area (TPSA) is 222 Å². The Morgan fingerprint density at radius 1 is 1.00 bits per heavy atom. The van der Waals surface area contributed by atoms with Gasteiger partial charge in [-0.1, -0.05) is 6.42 Å². The average Bonchev–Trinajstić information content (AvgIpc) is 3.31. The summed E-state index contributed by atoms with van der Waals surface area (Å²) < 4.78 is 22.1. The van der Waals surface area contributed by atoms with Crippen molar-refractivity contribution in [3.05, 3.63) is 35.9 Å². The van der Waals surface area contributed by atoms with Gasteiger partial charge in [-0.2, -0.15) is 0 Å². The Morgan fingerprint density at radius 2 is 1.74 bits per heavy atom. The molecule has 6 atom stereocenters. The van der Waals surface area contributed by atoms with Gasteiger partial charge in [0.05, 0.1) is 12.0 Å². The Morgan fingerprint density at radius 3 is 2.39 bits per heavy atom. The van der Waals surface area contributed by atoms with Crippen LogP contribution in [0, 0.1) is 5.41 Å². The van der Waals surface area contributed by atoms with Crippen LogP contribution in [0.5, 0.6) is 11.5 Å². The maximum Gasteiger partial charge on any atom is 0.335 e. The van der Waals surface area contributed by atoms with Gasteiger partial charge in [0.2, 0.25) is 18.1 Å². The number of nitrogens with zero attached hydrogens (tertiary/aromatic N) is 1. The zero-order chi connectivity index (χ0) is 34.0. The number of hydrogen-bond donors (Lipinski definition) is 6. The minimum Gasteiger partial charge on any atom is -0.493 e. The van der Waals surface area contributed by atoms with Gasteiger partial charge < -0.3 is 54.7 Å². The third kappa shape index (κ3) is 10.4. The number of aliphatic hydroxyl groups excluding tert-OH is 4. The number of nitrogens with one attached hydrogen (secondary N) is 1. The number of ether oxygens (including phenoxy) is 4. The third-order valence-corrected chi connectivity index (χ3v) is 7.29. The lowest BCUT2D eigenvalue weighted by Gasteiger charge is -2.38. The summed E-state index contributed by atoms with van der Waals surface area (Å²) in [5, 5.41) is 52.1. The maximum atomic E-state index is 12.3. The van der Waals surface area contributed by atoms with E-state index in [0.717, 1.165) is 0 Å². The number of amides is 2. The highest BCUT2D eigenvalue weighted by Crippen LogP contribution is 2.30. The van der Waals surface area contributed by atoms with Gasteiger partial charge >= 0.3 is 11.9 Å². The molecular formula is C31H44N2O13. The van der Waals surface area contributed by atoms with Gasteiger partial charge in [0.25, 0.3) is 0 Å². The highest BCUT2D eigenvalue weighted by molar-refractivity contribution is 5.90. The minimum absolute atomic E-state index is 0.0749. The number of carboxylic acid groups (broad SMARTS) is 1. The molecule has 0 bridgehead atoms. The smallest absolute Gasteiger partial charge is 0.335 e. The Bertz CT molecular complexity index is 1250. The molecule has 2 amide bonds. The Kier molecular flexibility index (Phi) is 13.3. The van der Waals surface area contributed by atoms with Crippen molar-refractivity contribution in [3.8, 4) is 11.5 Å². The molecule has 2 heterocycles. The molecule has 0 spiro atoms. The van der Waals surface area contributed by atoms with Crippen LogP contribution < -0.4 is 14.8 Å². The number of aliphatic hydroxyl groups is 4. The van der Waals surface area contributed by atoms with E-state index in [1.165, 1.54) is 29.2 Å². The number of esters is 1. The second kappa shape index (κ2) is 16.7. The van der Waals surface area contributed by atoms with Crippen LogP contribution in [0.4, 0.5) is 0 Å². The lowest BCUT2D eigenvalue weighted by molar-refractivity contribution is -0.271. The Hall–Kier alpha value is -3.76. The van der Waals surface area contributed by atoms with Crippen molar-refractivity contribution in [3.63, 3.8) is 0 Å². The first-order valence-electron chi connectivity index (χ1n) is 15.1. The molecule has 0 radical (unpaired) electrons. The van der Waals surface area contributed by atoms with Crippen LogP contribution in [-0.4, -0.2) is 111 Å². The van der Waals surface area contributed by atoms with E-state index < -0.39 is 54.3 Å². The van der Waals surface area contributed by atoms with E-state index in [2.05, 4.69) is 5.32 Å². The minimum atomic E-state index is -1.87. The zero-order valence-electron chi connectivity index (χ0n) is 26.2. The summed E-state index contributed by atoms with van der Waals surface area (Å²) in [5.74, 6) is -2.02. The van der Waals surface area contributed by atoms with E-state index in [4.69, 9.17) is 18.9 Å².